The van der Waals surface area contributed by atoms with Gasteiger partial charge in [-0.15, -0.1) is 0 Å². The molecule has 0 aliphatic carbocycles. The Bertz CT molecular complexity index is 785. The molecule has 8 nitrogen and oxygen atoms in total. The maximum atomic E-state index is 11.1. The monoisotopic (exact) mass is 354 g/mol. The predicted octanol–water partition coefficient (Wildman–Crippen LogP) is 1.77. The number of nitrogens with one attached hydrogen (secondary N) is 2. The first-order chi connectivity index (χ1) is 12.5. The van der Waals surface area contributed by atoms with E-state index in [1.165, 1.54) is 6.92 Å². The van der Waals surface area contributed by atoms with Gasteiger partial charge in [-0.3, -0.25) is 9.59 Å². The number of hydrogen-bond acceptors (Lipinski definition) is 6. The van der Waals surface area contributed by atoms with E-state index >= 15 is 0 Å². The SMILES string of the molecule is CC(=O)Nc1ccc(Nc2nc(C)cc(N3CCN(C=O)CC3)n2)cc1. The Hall–Kier alpha value is -3.16. The highest BCUT2D eigenvalue weighted by Crippen LogP contribution is 2.20. The van der Waals surface area contributed by atoms with Crippen LogP contribution in [0.3, 0.4) is 0 Å². The van der Waals surface area contributed by atoms with Gasteiger partial charge in [0.2, 0.25) is 18.3 Å². The normalized spacial score (nSPS) is 14.1. The minimum absolute atomic E-state index is 0.105. The molecule has 1 aromatic heterocycles. The third-order valence-electron chi connectivity index (χ3n) is 4.09. The zero-order chi connectivity index (χ0) is 18.5. The highest BCUT2D eigenvalue weighted by atomic mass is 16.1. The molecule has 0 radical (unpaired) electrons. The van der Waals surface area contributed by atoms with E-state index in [0.717, 1.165) is 42.4 Å². The van der Waals surface area contributed by atoms with Gasteiger partial charge in [0, 0.05) is 56.2 Å². The van der Waals surface area contributed by atoms with E-state index in [9.17, 15) is 9.59 Å². The van der Waals surface area contributed by atoms with Crippen LogP contribution in [0.1, 0.15) is 12.6 Å². The molecule has 1 aliphatic rings. The van der Waals surface area contributed by atoms with Gasteiger partial charge in [-0.25, -0.2) is 4.98 Å². The smallest absolute Gasteiger partial charge is 0.229 e. The average Bonchev–Trinajstić information content (AvgIpc) is 2.62. The van der Waals surface area contributed by atoms with E-state index in [4.69, 9.17) is 0 Å². The van der Waals surface area contributed by atoms with Crippen LogP contribution in [0.4, 0.5) is 23.1 Å². The van der Waals surface area contributed by atoms with Crippen LogP contribution in [-0.2, 0) is 9.59 Å². The lowest BCUT2D eigenvalue weighted by atomic mass is 10.3. The first kappa shape index (κ1) is 17.7. The van der Waals surface area contributed by atoms with E-state index < -0.39 is 0 Å². The van der Waals surface area contributed by atoms with E-state index in [0.29, 0.717) is 19.0 Å². The second-order valence-corrected chi connectivity index (χ2v) is 6.20. The number of aromatic nitrogens is 2. The van der Waals surface area contributed by atoms with Crippen molar-refractivity contribution < 1.29 is 9.59 Å². The fraction of sp³-hybridized carbons (Fsp3) is 0.333. The minimum atomic E-state index is -0.105. The van der Waals surface area contributed by atoms with Crippen molar-refractivity contribution in [1.29, 1.82) is 0 Å². The molecule has 0 saturated carbocycles. The molecule has 0 bridgehead atoms. The maximum Gasteiger partial charge on any atom is 0.229 e. The zero-order valence-electron chi connectivity index (χ0n) is 14.9. The van der Waals surface area contributed by atoms with Crippen LogP contribution in [0.2, 0.25) is 0 Å². The number of anilines is 4. The van der Waals surface area contributed by atoms with Crippen LogP contribution in [0.25, 0.3) is 0 Å². The molecule has 1 fully saturated rings. The molecule has 8 heteroatoms. The molecule has 3 rings (SSSR count). The summed E-state index contributed by atoms with van der Waals surface area (Å²) in [5.74, 6) is 1.26. The Morgan fingerprint density at radius 3 is 2.35 bits per heavy atom. The summed E-state index contributed by atoms with van der Waals surface area (Å²) < 4.78 is 0. The van der Waals surface area contributed by atoms with Crippen LogP contribution in [0.5, 0.6) is 0 Å². The highest BCUT2D eigenvalue weighted by molar-refractivity contribution is 5.88. The summed E-state index contributed by atoms with van der Waals surface area (Å²) in [6, 6.07) is 9.30. The second-order valence-electron chi connectivity index (χ2n) is 6.20. The lowest BCUT2D eigenvalue weighted by Gasteiger charge is -2.33. The van der Waals surface area contributed by atoms with Crippen molar-refractivity contribution in [2.24, 2.45) is 0 Å². The largest absolute Gasteiger partial charge is 0.353 e. The lowest BCUT2D eigenvalue weighted by molar-refractivity contribution is -0.118. The predicted molar refractivity (Wildman–Crippen MR) is 101 cm³/mol. The molecule has 2 amide bonds. The van der Waals surface area contributed by atoms with Gasteiger partial charge >= 0.3 is 0 Å². The highest BCUT2D eigenvalue weighted by Gasteiger charge is 2.17. The zero-order valence-corrected chi connectivity index (χ0v) is 14.9. The molecule has 26 heavy (non-hydrogen) atoms. The fourth-order valence-electron chi connectivity index (χ4n) is 2.80. The summed E-state index contributed by atoms with van der Waals surface area (Å²) >= 11 is 0. The van der Waals surface area contributed by atoms with Gasteiger partial charge in [0.05, 0.1) is 0 Å². The molecule has 1 aliphatic heterocycles. The number of piperazine rings is 1. The Balaban J connectivity index is 1.71. The number of carbonyl (C=O) groups excluding carboxylic acids is 2. The van der Waals surface area contributed by atoms with E-state index in [1.54, 1.807) is 4.90 Å². The molecule has 0 atom stereocenters. The van der Waals surface area contributed by atoms with E-state index in [1.807, 2.05) is 37.3 Å². The molecular formula is C18H22N6O2. The van der Waals surface area contributed by atoms with Crippen LogP contribution in [-0.4, -0.2) is 53.4 Å². The number of amides is 2. The van der Waals surface area contributed by atoms with Crippen LogP contribution >= 0.6 is 0 Å². The summed E-state index contributed by atoms with van der Waals surface area (Å²) in [5.41, 5.74) is 2.44. The van der Waals surface area contributed by atoms with Gasteiger partial charge in [-0.05, 0) is 31.2 Å². The van der Waals surface area contributed by atoms with Crippen molar-refractivity contribution in [3.63, 3.8) is 0 Å². The number of benzene rings is 1. The number of rotatable bonds is 5. The van der Waals surface area contributed by atoms with Gasteiger partial charge in [0.15, 0.2) is 0 Å². The van der Waals surface area contributed by atoms with Crippen molar-refractivity contribution >= 4 is 35.5 Å². The number of nitrogens with zero attached hydrogens (tertiary/aromatic N) is 4. The number of carbonyl (C=O) groups is 2. The molecule has 2 N–H and O–H groups in total. The molecular weight excluding hydrogens is 332 g/mol. The Labute approximate surface area is 152 Å². The Kier molecular flexibility index (Phi) is 5.31. The second kappa shape index (κ2) is 7.81. The summed E-state index contributed by atoms with van der Waals surface area (Å²) in [4.78, 5) is 34.9. The van der Waals surface area contributed by atoms with E-state index in [-0.39, 0.29) is 5.91 Å². The van der Waals surface area contributed by atoms with Crippen molar-refractivity contribution in [3.05, 3.63) is 36.0 Å². The molecule has 1 saturated heterocycles. The van der Waals surface area contributed by atoms with Gasteiger partial charge in [0.1, 0.15) is 5.82 Å². The Morgan fingerprint density at radius 2 is 1.73 bits per heavy atom. The summed E-state index contributed by atoms with van der Waals surface area (Å²) in [6.07, 6.45) is 0.889. The molecule has 136 valence electrons. The quantitative estimate of drug-likeness (QED) is 0.795. The summed E-state index contributed by atoms with van der Waals surface area (Å²) in [7, 11) is 0. The van der Waals surface area contributed by atoms with Crippen LogP contribution < -0.4 is 15.5 Å². The third kappa shape index (κ3) is 4.47. The van der Waals surface area contributed by atoms with Crippen molar-refractivity contribution in [2.45, 2.75) is 13.8 Å². The van der Waals surface area contributed by atoms with Crippen LogP contribution in [0.15, 0.2) is 30.3 Å². The maximum absolute atomic E-state index is 11.1. The van der Waals surface area contributed by atoms with Gasteiger partial charge in [-0.1, -0.05) is 0 Å². The third-order valence-corrected chi connectivity index (χ3v) is 4.09. The minimum Gasteiger partial charge on any atom is -0.353 e. The lowest BCUT2D eigenvalue weighted by Crippen LogP contribution is -2.46. The van der Waals surface area contributed by atoms with Crippen molar-refractivity contribution in [1.82, 2.24) is 14.9 Å². The summed E-state index contributed by atoms with van der Waals surface area (Å²) in [5, 5.41) is 5.93. The molecule has 1 aromatic carbocycles. The average molecular weight is 354 g/mol. The molecule has 0 spiro atoms. The van der Waals surface area contributed by atoms with E-state index in [2.05, 4.69) is 25.5 Å². The topological polar surface area (TPSA) is 90.5 Å². The first-order valence-electron chi connectivity index (χ1n) is 8.48. The van der Waals surface area contributed by atoms with Gasteiger partial charge in [-0.2, -0.15) is 4.98 Å². The number of hydrogen-bond donors (Lipinski definition) is 2. The van der Waals surface area contributed by atoms with Gasteiger partial charge in [0.25, 0.3) is 0 Å². The Morgan fingerprint density at radius 1 is 1.08 bits per heavy atom. The first-order valence-corrected chi connectivity index (χ1v) is 8.48. The van der Waals surface area contributed by atoms with Gasteiger partial charge < -0.3 is 20.4 Å². The van der Waals surface area contributed by atoms with Crippen molar-refractivity contribution in [3.8, 4) is 0 Å². The van der Waals surface area contributed by atoms with Crippen LogP contribution in [0, 0.1) is 6.92 Å². The standard InChI is InChI=1S/C18H22N6O2/c1-13-11-17(24-9-7-23(12-25)8-10-24)22-18(19-13)21-16-5-3-15(4-6-16)20-14(2)26/h3-6,11-12H,7-10H2,1-2H3,(H,20,26)(H,19,21,22). The molecule has 2 heterocycles. The molecule has 2 aromatic rings. The summed E-state index contributed by atoms with van der Waals surface area (Å²) in [6.45, 7) is 6.29. The fourth-order valence-corrected chi connectivity index (χ4v) is 2.80. The number of aryl methyl sites for hydroxylation is 1. The molecule has 0 unspecified atom stereocenters. The van der Waals surface area contributed by atoms with Crippen molar-refractivity contribution in [2.75, 3.05) is 41.7 Å².